The Balaban J connectivity index is 1.52. The van der Waals surface area contributed by atoms with E-state index in [4.69, 9.17) is 9.26 Å². The van der Waals surface area contributed by atoms with Crippen LogP contribution in [-0.4, -0.2) is 64.4 Å². The van der Waals surface area contributed by atoms with Gasteiger partial charge in [0.2, 0.25) is 17.7 Å². The van der Waals surface area contributed by atoms with Gasteiger partial charge in [-0.25, -0.2) is 0 Å². The molecule has 0 spiro atoms. The van der Waals surface area contributed by atoms with Gasteiger partial charge in [0.15, 0.2) is 12.4 Å². The van der Waals surface area contributed by atoms with Gasteiger partial charge in [0.05, 0.1) is 12.1 Å². The van der Waals surface area contributed by atoms with Crippen molar-refractivity contribution in [2.24, 2.45) is 5.92 Å². The minimum Gasteiger partial charge on any atom is -0.483 e. The molecule has 2 aromatic rings. The molecule has 0 aliphatic carbocycles. The van der Waals surface area contributed by atoms with Crippen molar-refractivity contribution in [2.75, 3.05) is 19.7 Å². The van der Waals surface area contributed by atoms with Gasteiger partial charge in [-0.2, -0.15) is 4.98 Å². The van der Waals surface area contributed by atoms with Crippen molar-refractivity contribution in [1.82, 2.24) is 31.0 Å². The van der Waals surface area contributed by atoms with Gasteiger partial charge in [0, 0.05) is 19.5 Å². The Hall–Kier alpha value is -3.96. The molecule has 43 heavy (non-hydrogen) atoms. The van der Waals surface area contributed by atoms with E-state index in [1.165, 1.54) is 0 Å². The molecule has 1 fully saturated rings. The third-order valence-corrected chi connectivity index (χ3v) is 7.70. The first kappa shape index (κ1) is 32.0. The zero-order chi connectivity index (χ0) is 30.6. The normalized spacial score (nSPS) is 22.2. The summed E-state index contributed by atoms with van der Waals surface area (Å²) in [5.74, 6) is 0.0770. The van der Waals surface area contributed by atoms with Gasteiger partial charge in [-0.15, -0.1) is 0 Å². The Bertz CT molecular complexity index is 1250. The highest BCUT2D eigenvalue weighted by molar-refractivity contribution is 5.99. The number of carbonyl (C=O) groups is 4. The summed E-state index contributed by atoms with van der Waals surface area (Å²) in [7, 11) is 0. The van der Waals surface area contributed by atoms with E-state index < -0.39 is 18.0 Å². The van der Waals surface area contributed by atoms with Crippen molar-refractivity contribution >= 4 is 23.6 Å². The lowest BCUT2D eigenvalue weighted by molar-refractivity contribution is -0.135. The average Bonchev–Trinajstić information content (AvgIpc) is 3.67. The highest BCUT2D eigenvalue weighted by Crippen LogP contribution is 2.32. The third kappa shape index (κ3) is 9.52. The number of hydrogen-bond donors (Lipinski definition) is 3. The van der Waals surface area contributed by atoms with Crippen LogP contribution in [0.4, 0.5) is 0 Å². The Labute approximate surface area is 252 Å². The predicted octanol–water partition coefficient (Wildman–Crippen LogP) is 3.43. The maximum atomic E-state index is 13.9. The van der Waals surface area contributed by atoms with Gasteiger partial charge in [0.25, 0.3) is 11.8 Å². The molecule has 4 rings (SSSR count). The monoisotopic (exact) mass is 596 g/mol. The number of carbonyl (C=O) groups excluding carboxylic acids is 4. The minimum atomic E-state index is -0.787. The van der Waals surface area contributed by atoms with Gasteiger partial charge in [-0.1, -0.05) is 56.8 Å². The van der Waals surface area contributed by atoms with E-state index in [1.807, 2.05) is 13.8 Å². The lowest BCUT2D eigenvalue weighted by Crippen LogP contribution is -2.49. The van der Waals surface area contributed by atoms with Crippen LogP contribution < -0.4 is 20.7 Å². The van der Waals surface area contributed by atoms with E-state index >= 15 is 0 Å². The maximum Gasteiger partial charge on any atom is 0.257 e. The van der Waals surface area contributed by atoms with Crippen LogP contribution in [-0.2, 0) is 20.9 Å². The summed E-state index contributed by atoms with van der Waals surface area (Å²) < 4.78 is 11.3. The molecular weight excluding hydrogens is 552 g/mol. The van der Waals surface area contributed by atoms with Crippen molar-refractivity contribution in [3.63, 3.8) is 0 Å². The van der Waals surface area contributed by atoms with Crippen LogP contribution in [0.2, 0.25) is 0 Å². The third-order valence-electron chi connectivity index (χ3n) is 7.70. The molecule has 234 valence electrons. The van der Waals surface area contributed by atoms with Gasteiger partial charge < -0.3 is 30.1 Å². The Morgan fingerprint density at radius 1 is 0.953 bits per heavy atom. The standard InChI is InChI=1S/C31H44N6O6/c1-21(2)18-23-31(41)37-17-11-13-24(37)30-35-26(36-43-30)19-33-27(38)15-7-5-3-4-6-10-16-32-28(39)20-42-25-14-9-8-12-22(25)29(40)34-23/h8-9,12,14,21,23-24H,3-7,10-11,13,15-20H2,1-2H3,(H,32,39)(H,33,38)(H,34,40)/t23-,24-/m1/s1. The molecule has 2 atom stereocenters. The smallest absolute Gasteiger partial charge is 0.257 e. The Kier molecular flexibility index (Phi) is 11.9. The number of ether oxygens (including phenoxy) is 1. The van der Waals surface area contributed by atoms with Gasteiger partial charge in [0.1, 0.15) is 17.8 Å². The van der Waals surface area contributed by atoms with Crippen LogP contribution in [0.1, 0.15) is 106 Å². The van der Waals surface area contributed by atoms with Crippen LogP contribution in [0.25, 0.3) is 0 Å². The van der Waals surface area contributed by atoms with Crippen molar-refractivity contribution < 1.29 is 28.4 Å². The van der Waals surface area contributed by atoms with E-state index in [1.54, 1.807) is 29.2 Å². The summed E-state index contributed by atoms with van der Waals surface area (Å²) in [5, 5.41) is 12.7. The van der Waals surface area contributed by atoms with Gasteiger partial charge >= 0.3 is 0 Å². The highest BCUT2D eigenvalue weighted by Gasteiger charge is 2.38. The van der Waals surface area contributed by atoms with E-state index in [9.17, 15) is 19.2 Å². The fourth-order valence-electron chi connectivity index (χ4n) is 5.48. The number of benzene rings is 1. The van der Waals surface area contributed by atoms with Gasteiger partial charge in [-0.05, 0) is 50.2 Å². The predicted molar refractivity (Wildman–Crippen MR) is 158 cm³/mol. The second-order valence-electron chi connectivity index (χ2n) is 11.7. The molecule has 2 aliphatic rings. The molecular formula is C31H44N6O6. The molecule has 2 aliphatic heterocycles. The molecule has 0 radical (unpaired) electrons. The second-order valence-corrected chi connectivity index (χ2v) is 11.7. The number of hydrogen-bond acceptors (Lipinski definition) is 8. The van der Waals surface area contributed by atoms with Crippen molar-refractivity contribution in [2.45, 2.75) is 96.7 Å². The first-order valence-electron chi connectivity index (χ1n) is 15.5. The molecule has 3 N–H and O–H groups in total. The van der Waals surface area contributed by atoms with Crippen LogP contribution in [0.5, 0.6) is 5.75 Å². The number of nitrogens with one attached hydrogen (secondary N) is 3. The molecule has 0 saturated carbocycles. The minimum absolute atomic E-state index is 0.0655. The van der Waals surface area contributed by atoms with E-state index in [0.717, 1.165) is 44.9 Å². The van der Waals surface area contributed by atoms with E-state index in [-0.39, 0.29) is 48.1 Å². The molecule has 3 heterocycles. The Morgan fingerprint density at radius 2 is 1.72 bits per heavy atom. The molecule has 0 unspecified atom stereocenters. The summed E-state index contributed by atoms with van der Waals surface area (Å²) in [6.07, 6.45) is 7.89. The first-order valence-corrected chi connectivity index (χ1v) is 15.5. The zero-order valence-electron chi connectivity index (χ0n) is 25.2. The largest absolute Gasteiger partial charge is 0.483 e. The fraction of sp³-hybridized carbons (Fsp3) is 0.613. The number of fused-ring (bicyclic) bond motifs is 5. The quantitative estimate of drug-likeness (QED) is 0.476. The molecule has 12 heteroatoms. The zero-order valence-corrected chi connectivity index (χ0v) is 25.2. The summed E-state index contributed by atoms with van der Waals surface area (Å²) >= 11 is 0. The number of aromatic nitrogens is 2. The van der Waals surface area contributed by atoms with Gasteiger partial charge in [-0.3, -0.25) is 19.2 Å². The van der Waals surface area contributed by atoms with E-state index in [0.29, 0.717) is 44.1 Å². The average molecular weight is 597 g/mol. The molecule has 1 aromatic carbocycles. The SMILES string of the molecule is CC(C)C[C@H]1NC(=O)c2ccccc2OCC(=O)NCCCCCCCCC(=O)NCc2noc(n2)[C@H]2CCCN2C1=O. The lowest BCUT2D eigenvalue weighted by Gasteiger charge is -2.28. The van der Waals surface area contributed by atoms with Crippen molar-refractivity contribution in [1.29, 1.82) is 0 Å². The Morgan fingerprint density at radius 3 is 2.53 bits per heavy atom. The van der Waals surface area contributed by atoms with Crippen molar-refractivity contribution in [3.8, 4) is 5.75 Å². The maximum absolute atomic E-state index is 13.9. The van der Waals surface area contributed by atoms with E-state index in [2.05, 4.69) is 26.1 Å². The molecule has 1 saturated heterocycles. The summed E-state index contributed by atoms with van der Waals surface area (Å²) in [6.45, 7) is 4.96. The van der Waals surface area contributed by atoms with Crippen molar-refractivity contribution in [3.05, 3.63) is 41.5 Å². The lowest BCUT2D eigenvalue weighted by atomic mass is 10.0. The summed E-state index contributed by atoms with van der Waals surface area (Å²) in [5.41, 5.74) is 0.250. The van der Waals surface area contributed by atoms with Crippen LogP contribution >= 0.6 is 0 Å². The fourth-order valence-corrected chi connectivity index (χ4v) is 5.48. The van der Waals surface area contributed by atoms with Crippen LogP contribution in [0.15, 0.2) is 28.8 Å². The number of amides is 4. The number of para-hydroxylation sites is 1. The number of nitrogens with zero attached hydrogens (tertiary/aromatic N) is 3. The molecule has 12 nitrogen and oxygen atoms in total. The summed E-state index contributed by atoms with van der Waals surface area (Å²) in [6, 6.07) is 5.51. The summed E-state index contributed by atoms with van der Waals surface area (Å²) in [4.78, 5) is 58.2. The second kappa shape index (κ2) is 16.0. The molecule has 2 bridgehead atoms. The topological polar surface area (TPSA) is 156 Å². The molecule has 4 amide bonds. The number of rotatable bonds is 2. The van der Waals surface area contributed by atoms with Crippen LogP contribution in [0, 0.1) is 5.92 Å². The highest BCUT2D eigenvalue weighted by atomic mass is 16.5. The van der Waals surface area contributed by atoms with Crippen LogP contribution in [0.3, 0.4) is 0 Å². The first-order chi connectivity index (χ1) is 20.8. The molecule has 1 aromatic heterocycles.